The van der Waals surface area contributed by atoms with Gasteiger partial charge in [-0.3, -0.25) is 4.79 Å². The lowest BCUT2D eigenvalue weighted by Gasteiger charge is -2.16. The molecule has 7 heteroatoms. The van der Waals surface area contributed by atoms with E-state index in [1.54, 1.807) is 17.8 Å². The monoisotopic (exact) mass is 571 g/mol. The van der Waals surface area contributed by atoms with Crippen LogP contribution >= 0.6 is 11.8 Å². The Morgan fingerprint density at radius 3 is 2.68 bits per heavy atom. The summed E-state index contributed by atoms with van der Waals surface area (Å²) in [6.45, 7) is 7.26. The normalized spacial score (nSPS) is 14.8. The van der Waals surface area contributed by atoms with Crippen molar-refractivity contribution >= 4 is 28.9 Å². The van der Waals surface area contributed by atoms with E-state index in [9.17, 15) is 4.79 Å². The fourth-order valence-corrected chi connectivity index (χ4v) is 5.36. The van der Waals surface area contributed by atoms with Gasteiger partial charge in [-0.05, 0) is 78.8 Å². The fourth-order valence-electron chi connectivity index (χ4n) is 4.48. The molecule has 0 fully saturated rings. The highest BCUT2D eigenvalue weighted by molar-refractivity contribution is 7.98. The number of aromatic nitrogens is 2. The number of anilines is 1. The topological polar surface area (TPSA) is 65.4 Å². The van der Waals surface area contributed by atoms with Crippen molar-refractivity contribution in [2.45, 2.75) is 56.7 Å². The molecule has 1 aliphatic rings. The molecule has 3 aromatic rings. The zero-order chi connectivity index (χ0) is 28.7. The van der Waals surface area contributed by atoms with Crippen molar-refractivity contribution in [2.75, 3.05) is 25.1 Å². The molecule has 4 rings (SSSR count). The Balaban J connectivity index is 1.20. The van der Waals surface area contributed by atoms with Crippen molar-refractivity contribution in [3.8, 4) is 5.75 Å². The summed E-state index contributed by atoms with van der Waals surface area (Å²) in [4.78, 5) is 18.0. The summed E-state index contributed by atoms with van der Waals surface area (Å²) in [6.07, 6.45) is 17.9. The molecule has 0 radical (unpaired) electrons. The number of allylic oxidation sites excluding steroid dienone is 5. The summed E-state index contributed by atoms with van der Waals surface area (Å²) in [7, 11) is 0. The number of rotatable bonds is 16. The quantitative estimate of drug-likeness (QED) is 0.107. The van der Waals surface area contributed by atoms with Crippen LogP contribution < -0.4 is 10.1 Å². The van der Waals surface area contributed by atoms with E-state index < -0.39 is 0 Å². The molecular weight excluding hydrogens is 530 g/mol. The van der Waals surface area contributed by atoms with Gasteiger partial charge in [-0.1, -0.05) is 56.7 Å². The summed E-state index contributed by atoms with van der Waals surface area (Å²) < 4.78 is 13.5. The number of carbonyl (C=O) groups is 1. The van der Waals surface area contributed by atoms with Gasteiger partial charge in [-0.15, -0.1) is 11.8 Å². The Hall–Kier alpha value is -3.55. The third-order valence-electron chi connectivity index (χ3n) is 6.74. The number of imidazole rings is 1. The molecule has 0 spiro atoms. The van der Waals surface area contributed by atoms with Crippen LogP contribution in [0, 0.1) is 5.92 Å². The second-order valence-electron chi connectivity index (χ2n) is 10.0. The number of benzene rings is 2. The second-order valence-corrected chi connectivity index (χ2v) is 11.1. The van der Waals surface area contributed by atoms with E-state index in [1.165, 1.54) is 11.3 Å². The summed E-state index contributed by atoms with van der Waals surface area (Å²) in [5, 5.41) is 2.97. The van der Waals surface area contributed by atoms with Crippen LogP contribution in [-0.2, 0) is 21.8 Å². The molecule has 1 atom stereocenters. The lowest BCUT2D eigenvalue weighted by atomic mass is 9.89. The van der Waals surface area contributed by atoms with Gasteiger partial charge >= 0.3 is 0 Å². The first-order valence-electron chi connectivity index (χ1n) is 14.5. The number of hydrogen-bond acceptors (Lipinski definition) is 5. The highest BCUT2D eigenvalue weighted by atomic mass is 32.2. The molecule has 1 aromatic heterocycles. The molecule has 2 aromatic carbocycles. The van der Waals surface area contributed by atoms with Crippen LogP contribution in [0.15, 0.2) is 96.3 Å². The number of thioether (sulfide) groups is 1. The van der Waals surface area contributed by atoms with Crippen molar-refractivity contribution < 1.29 is 14.3 Å². The van der Waals surface area contributed by atoms with Gasteiger partial charge < -0.3 is 19.4 Å². The van der Waals surface area contributed by atoms with Gasteiger partial charge in [-0.2, -0.15) is 0 Å². The standard InChI is InChI=1S/C34H41N3O3S/c1-3-5-20-39-21-22-40-32-14-10-28(11-15-32)29-8-6-7-27(23-29)9-18-34(38)36-30-12-16-33(17-13-30)41-25-31-24-35-26-37(31)19-4-2/h6-18,24,26-27H,3-5,19-23,25H2,1-2H3,(H,36,38)/b18-9+. The first-order valence-corrected chi connectivity index (χ1v) is 15.5. The molecule has 0 saturated heterocycles. The van der Waals surface area contributed by atoms with Crippen LogP contribution in [0.2, 0.25) is 0 Å². The summed E-state index contributed by atoms with van der Waals surface area (Å²) in [5.41, 5.74) is 4.41. The van der Waals surface area contributed by atoms with E-state index in [0.717, 1.165) is 66.5 Å². The first kappa shape index (κ1) is 30.4. The Bertz CT molecular complexity index is 1310. The average molecular weight is 572 g/mol. The van der Waals surface area contributed by atoms with Gasteiger partial charge in [0.2, 0.25) is 5.91 Å². The number of nitrogens with one attached hydrogen (secondary N) is 1. The maximum atomic E-state index is 12.6. The van der Waals surface area contributed by atoms with Crippen molar-refractivity contribution in [2.24, 2.45) is 5.92 Å². The zero-order valence-electron chi connectivity index (χ0n) is 24.1. The van der Waals surface area contributed by atoms with Gasteiger partial charge in [0.1, 0.15) is 12.4 Å². The summed E-state index contributed by atoms with van der Waals surface area (Å²) in [5.74, 6) is 1.75. The number of carbonyl (C=O) groups excluding carboxylic acids is 1. The van der Waals surface area contributed by atoms with E-state index in [1.807, 2.05) is 55.0 Å². The van der Waals surface area contributed by atoms with Crippen LogP contribution in [0.25, 0.3) is 5.57 Å². The number of nitrogens with zero attached hydrogens (tertiary/aromatic N) is 2. The first-order chi connectivity index (χ1) is 20.1. The van der Waals surface area contributed by atoms with Crippen molar-refractivity contribution in [3.63, 3.8) is 0 Å². The lowest BCUT2D eigenvalue weighted by molar-refractivity contribution is -0.111. The Morgan fingerprint density at radius 2 is 1.90 bits per heavy atom. The number of amides is 1. The summed E-state index contributed by atoms with van der Waals surface area (Å²) >= 11 is 1.77. The van der Waals surface area contributed by atoms with Crippen molar-refractivity contribution in [1.29, 1.82) is 0 Å². The van der Waals surface area contributed by atoms with Crippen molar-refractivity contribution in [3.05, 3.63) is 103 Å². The van der Waals surface area contributed by atoms with Crippen LogP contribution in [0.3, 0.4) is 0 Å². The largest absolute Gasteiger partial charge is 0.491 e. The molecule has 0 saturated carbocycles. The molecule has 1 heterocycles. The van der Waals surface area contributed by atoms with Crippen molar-refractivity contribution in [1.82, 2.24) is 9.55 Å². The third-order valence-corrected chi connectivity index (χ3v) is 7.79. The Kier molecular flexibility index (Phi) is 12.3. The van der Waals surface area contributed by atoms with Crippen LogP contribution in [0.5, 0.6) is 5.75 Å². The van der Waals surface area contributed by atoms with E-state index in [4.69, 9.17) is 9.47 Å². The predicted molar refractivity (Wildman–Crippen MR) is 169 cm³/mol. The second kappa shape index (κ2) is 16.7. The minimum atomic E-state index is -0.126. The maximum Gasteiger partial charge on any atom is 0.248 e. The molecule has 216 valence electrons. The smallest absolute Gasteiger partial charge is 0.248 e. The van der Waals surface area contributed by atoms with Gasteiger partial charge in [0.05, 0.1) is 12.9 Å². The van der Waals surface area contributed by atoms with Crippen LogP contribution in [-0.4, -0.2) is 35.3 Å². The lowest BCUT2D eigenvalue weighted by Crippen LogP contribution is -2.09. The minimum absolute atomic E-state index is 0.126. The van der Waals surface area contributed by atoms with Crippen LogP contribution in [0.4, 0.5) is 5.69 Å². The molecule has 0 bridgehead atoms. The summed E-state index contributed by atoms with van der Waals surface area (Å²) in [6, 6.07) is 16.2. The van der Waals surface area contributed by atoms with E-state index in [-0.39, 0.29) is 11.8 Å². The van der Waals surface area contributed by atoms with Gasteiger partial charge in [-0.25, -0.2) is 4.98 Å². The predicted octanol–water partition coefficient (Wildman–Crippen LogP) is 7.94. The zero-order valence-corrected chi connectivity index (χ0v) is 24.9. The Labute approximate surface area is 248 Å². The SMILES string of the molecule is CCCCOCCOc1ccc(C2=CC=CC(/C=C/C(=O)Nc3ccc(SCc4cncn4CCC)cc3)C2)cc1. The van der Waals surface area contributed by atoms with E-state index in [0.29, 0.717) is 13.2 Å². The average Bonchev–Trinajstić information content (AvgIpc) is 3.45. The molecular formula is C34H41N3O3S. The maximum absolute atomic E-state index is 12.6. The van der Waals surface area contributed by atoms with Gasteiger partial charge in [0.15, 0.2) is 0 Å². The molecule has 1 aliphatic carbocycles. The molecule has 1 amide bonds. The highest BCUT2D eigenvalue weighted by Gasteiger charge is 2.12. The molecule has 1 unspecified atom stereocenters. The molecule has 0 aliphatic heterocycles. The molecule has 1 N–H and O–H groups in total. The Morgan fingerprint density at radius 1 is 1.07 bits per heavy atom. The van der Waals surface area contributed by atoms with Crippen LogP contribution in [0.1, 0.15) is 50.8 Å². The number of ether oxygens (including phenoxy) is 2. The van der Waals surface area contributed by atoms with Gasteiger partial charge in [0, 0.05) is 41.4 Å². The van der Waals surface area contributed by atoms with E-state index >= 15 is 0 Å². The highest BCUT2D eigenvalue weighted by Crippen LogP contribution is 2.29. The van der Waals surface area contributed by atoms with E-state index in [2.05, 4.69) is 59.1 Å². The molecule has 6 nitrogen and oxygen atoms in total. The minimum Gasteiger partial charge on any atom is -0.491 e. The van der Waals surface area contributed by atoms with Gasteiger partial charge in [0.25, 0.3) is 0 Å². The third kappa shape index (κ3) is 10.1. The molecule has 41 heavy (non-hydrogen) atoms. The fraction of sp³-hybridized carbons (Fsp3) is 0.353. The number of unbranched alkanes of at least 4 members (excludes halogenated alkanes) is 1. The number of hydrogen-bond donors (Lipinski definition) is 1. The number of aryl methyl sites for hydroxylation is 1.